The van der Waals surface area contributed by atoms with Crippen LogP contribution in [0.15, 0.2) is 22.9 Å². The molecule has 7 nitrogen and oxygen atoms in total. The standard InChI is InChI=1S/C23H29N5O2/c1-15-12-21-24-13-19(20-11-16(2)26-30-20)22(28(21)25-15)18-9-6-10-27(14-18)23(29)17-7-4-3-5-8-17/h11-13,17-18H,3-10,14H2,1-2H3/t18-/m1/s1. The lowest BCUT2D eigenvalue weighted by Crippen LogP contribution is -2.43. The third-order valence-electron chi connectivity index (χ3n) is 6.61. The van der Waals surface area contributed by atoms with Gasteiger partial charge in [-0.2, -0.15) is 5.10 Å². The lowest BCUT2D eigenvalue weighted by Gasteiger charge is -2.36. The maximum atomic E-state index is 13.2. The molecule has 3 aromatic rings. The predicted octanol–water partition coefficient (Wildman–Crippen LogP) is 4.29. The van der Waals surface area contributed by atoms with E-state index in [1.165, 1.54) is 19.3 Å². The third-order valence-corrected chi connectivity index (χ3v) is 6.61. The molecule has 0 unspecified atom stereocenters. The third kappa shape index (κ3) is 3.50. The quantitative estimate of drug-likeness (QED) is 0.647. The van der Waals surface area contributed by atoms with E-state index in [0.29, 0.717) is 11.7 Å². The summed E-state index contributed by atoms with van der Waals surface area (Å²) in [7, 11) is 0. The molecule has 2 aliphatic rings. The van der Waals surface area contributed by atoms with Crippen molar-refractivity contribution < 1.29 is 9.32 Å². The van der Waals surface area contributed by atoms with Gasteiger partial charge in [-0.15, -0.1) is 0 Å². The van der Waals surface area contributed by atoms with Crippen LogP contribution in [0.2, 0.25) is 0 Å². The highest BCUT2D eigenvalue weighted by Gasteiger charge is 2.33. The number of hydrogen-bond donors (Lipinski definition) is 0. The van der Waals surface area contributed by atoms with Gasteiger partial charge in [-0.1, -0.05) is 24.4 Å². The summed E-state index contributed by atoms with van der Waals surface area (Å²) in [6, 6.07) is 3.93. The summed E-state index contributed by atoms with van der Waals surface area (Å²) in [5.41, 5.74) is 4.60. The van der Waals surface area contributed by atoms with Crippen molar-refractivity contribution in [2.75, 3.05) is 13.1 Å². The molecule has 0 N–H and O–H groups in total. The monoisotopic (exact) mass is 407 g/mol. The van der Waals surface area contributed by atoms with Gasteiger partial charge in [0, 0.05) is 43.3 Å². The lowest BCUT2D eigenvalue weighted by atomic mass is 9.86. The second-order valence-electron chi connectivity index (χ2n) is 8.90. The summed E-state index contributed by atoms with van der Waals surface area (Å²) < 4.78 is 7.54. The number of amides is 1. The Balaban J connectivity index is 1.51. The van der Waals surface area contributed by atoms with Crippen LogP contribution in [0.25, 0.3) is 17.0 Å². The van der Waals surface area contributed by atoms with Gasteiger partial charge in [0.05, 0.1) is 22.6 Å². The Labute approximate surface area is 176 Å². The number of likely N-dealkylation sites (tertiary alicyclic amines) is 1. The first-order valence-electron chi connectivity index (χ1n) is 11.2. The maximum Gasteiger partial charge on any atom is 0.225 e. The number of carbonyl (C=O) groups is 1. The van der Waals surface area contributed by atoms with Gasteiger partial charge in [0.1, 0.15) is 0 Å². The van der Waals surface area contributed by atoms with Gasteiger partial charge in [0.2, 0.25) is 5.91 Å². The fraction of sp³-hybridized carbons (Fsp3) is 0.565. The Kier molecular flexibility index (Phi) is 5.05. The normalized spacial score (nSPS) is 20.7. The molecule has 1 amide bonds. The number of fused-ring (bicyclic) bond motifs is 1. The molecule has 1 atom stereocenters. The highest BCUT2D eigenvalue weighted by molar-refractivity contribution is 5.79. The number of carbonyl (C=O) groups excluding carboxylic acids is 1. The van der Waals surface area contributed by atoms with Gasteiger partial charge in [-0.3, -0.25) is 4.79 Å². The molecule has 4 heterocycles. The van der Waals surface area contributed by atoms with Crippen LogP contribution in [-0.4, -0.2) is 43.7 Å². The van der Waals surface area contributed by atoms with Crippen molar-refractivity contribution in [1.29, 1.82) is 0 Å². The van der Waals surface area contributed by atoms with E-state index in [0.717, 1.165) is 67.1 Å². The summed E-state index contributed by atoms with van der Waals surface area (Å²) in [4.78, 5) is 19.9. The van der Waals surface area contributed by atoms with E-state index in [9.17, 15) is 4.79 Å². The van der Waals surface area contributed by atoms with Crippen molar-refractivity contribution in [2.45, 2.75) is 64.7 Å². The highest BCUT2D eigenvalue weighted by atomic mass is 16.5. The number of piperidine rings is 1. The Morgan fingerprint density at radius 2 is 1.90 bits per heavy atom. The SMILES string of the molecule is Cc1cc(-c2cnc3cc(C)nn3c2[C@@H]2CCCN(C(=O)C3CCCCC3)C2)on1. The van der Waals surface area contributed by atoms with E-state index >= 15 is 0 Å². The summed E-state index contributed by atoms with van der Waals surface area (Å²) in [6.07, 6.45) is 9.60. The van der Waals surface area contributed by atoms with Crippen molar-refractivity contribution in [2.24, 2.45) is 5.92 Å². The first kappa shape index (κ1) is 19.3. The molecule has 5 rings (SSSR count). The zero-order chi connectivity index (χ0) is 20.7. The van der Waals surface area contributed by atoms with E-state index in [1.54, 1.807) is 0 Å². The van der Waals surface area contributed by atoms with Crippen molar-refractivity contribution in [3.05, 3.63) is 35.4 Å². The van der Waals surface area contributed by atoms with Crippen LogP contribution in [0.4, 0.5) is 0 Å². The minimum Gasteiger partial charge on any atom is -0.356 e. The topological polar surface area (TPSA) is 76.5 Å². The average molecular weight is 408 g/mol. The molecule has 7 heteroatoms. The Hall–Kier alpha value is -2.70. The molecule has 158 valence electrons. The smallest absolute Gasteiger partial charge is 0.225 e. The molecule has 2 fully saturated rings. The van der Waals surface area contributed by atoms with Crippen LogP contribution >= 0.6 is 0 Å². The minimum atomic E-state index is 0.191. The van der Waals surface area contributed by atoms with E-state index < -0.39 is 0 Å². The number of hydrogen-bond acceptors (Lipinski definition) is 5. The Morgan fingerprint density at radius 3 is 2.67 bits per heavy atom. The second-order valence-corrected chi connectivity index (χ2v) is 8.90. The van der Waals surface area contributed by atoms with Gasteiger partial charge < -0.3 is 9.42 Å². The van der Waals surface area contributed by atoms with Gasteiger partial charge in [-0.05, 0) is 39.5 Å². The summed E-state index contributed by atoms with van der Waals surface area (Å²) in [5, 5.41) is 8.80. The molecular formula is C23H29N5O2. The summed E-state index contributed by atoms with van der Waals surface area (Å²) in [6.45, 7) is 5.49. The minimum absolute atomic E-state index is 0.191. The van der Waals surface area contributed by atoms with E-state index in [4.69, 9.17) is 9.62 Å². The van der Waals surface area contributed by atoms with Crippen LogP contribution in [-0.2, 0) is 4.79 Å². The lowest BCUT2D eigenvalue weighted by molar-refractivity contribution is -0.137. The van der Waals surface area contributed by atoms with Crippen molar-refractivity contribution >= 4 is 11.6 Å². The fourth-order valence-electron chi connectivity index (χ4n) is 5.15. The first-order chi connectivity index (χ1) is 14.6. The number of rotatable bonds is 3. The van der Waals surface area contributed by atoms with Gasteiger partial charge in [0.15, 0.2) is 11.4 Å². The maximum absolute atomic E-state index is 13.2. The van der Waals surface area contributed by atoms with Crippen LogP contribution < -0.4 is 0 Å². The van der Waals surface area contributed by atoms with E-state index in [2.05, 4.69) is 15.0 Å². The highest BCUT2D eigenvalue weighted by Crippen LogP contribution is 2.36. The van der Waals surface area contributed by atoms with Crippen LogP contribution in [0, 0.1) is 19.8 Å². The molecule has 3 aromatic heterocycles. The Morgan fingerprint density at radius 1 is 1.07 bits per heavy atom. The molecule has 1 saturated carbocycles. The average Bonchev–Trinajstić information content (AvgIpc) is 3.37. The van der Waals surface area contributed by atoms with Gasteiger partial charge in [0.25, 0.3) is 0 Å². The predicted molar refractivity (Wildman–Crippen MR) is 113 cm³/mol. The van der Waals surface area contributed by atoms with Gasteiger partial charge >= 0.3 is 0 Å². The molecule has 0 aromatic carbocycles. The summed E-state index contributed by atoms with van der Waals surface area (Å²) >= 11 is 0. The number of nitrogens with zero attached hydrogens (tertiary/aromatic N) is 5. The zero-order valence-corrected chi connectivity index (χ0v) is 17.8. The zero-order valence-electron chi connectivity index (χ0n) is 17.8. The largest absolute Gasteiger partial charge is 0.356 e. The Bertz CT molecular complexity index is 1060. The van der Waals surface area contributed by atoms with Crippen molar-refractivity contribution in [3.8, 4) is 11.3 Å². The first-order valence-corrected chi connectivity index (χ1v) is 11.2. The number of aryl methyl sites for hydroxylation is 2. The fourth-order valence-corrected chi connectivity index (χ4v) is 5.15. The van der Waals surface area contributed by atoms with Gasteiger partial charge in [-0.25, -0.2) is 9.50 Å². The molecule has 30 heavy (non-hydrogen) atoms. The second kappa shape index (κ2) is 7.85. The molecule has 1 aliphatic heterocycles. The molecule has 0 spiro atoms. The molecule has 1 saturated heterocycles. The van der Waals surface area contributed by atoms with E-state index in [-0.39, 0.29) is 11.8 Å². The molecule has 0 radical (unpaired) electrons. The van der Waals surface area contributed by atoms with Crippen LogP contribution in [0.3, 0.4) is 0 Å². The summed E-state index contributed by atoms with van der Waals surface area (Å²) in [5.74, 6) is 1.45. The van der Waals surface area contributed by atoms with Crippen molar-refractivity contribution in [1.82, 2.24) is 24.7 Å². The molecule has 0 bridgehead atoms. The molecular weight excluding hydrogens is 378 g/mol. The van der Waals surface area contributed by atoms with Crippen molar-refractivity contribution in [3.63, 3.8) is 0 Å². The van der Waals surface area contributed by atoms with Crippen LogP contribution in [0.1, 0.15) is 67.9 Å². The van der Waals surface area contributed by atoms with Crippen LogP contribution in [0.5, 0.6) is 0 Å². The van der Waals surface area contributed by atoms with E-state index in [1.807, 2.05) is 36.7 Å². The molecule has 1 aliphatic carbocycles. The number of aromatic nitrogens is 4.